The third-order valence-corrected chi connectivity index (χ3v) is 6.07. The van der Waals surface area contributed by atoms with Crippen LogP contribution in [0.2, 0.25) is 0 Å². The van der Waals surface area contributed by atoms with Gasteiger partial charge in [-0.25, -0.2) is 4.79 Å². The summed E-state index contributed by atoms with van der Waals surface area (Å²) in [6, 6.07) is 2.28. The first-order valence-corrected chi connectivity index (χ1v) is 8.22. The topological polar surface area (TPSA) is 41.6 Å². The molecule has 4 nitrogen and oxygen atoms in total. The van der Waals surface area contributed by atoms with Gasteiger partial charge in [0, 0.05) is 30.6 Å². The summed E-state index contributed by atoms with van der Waals surface area (Å²) in [5.41, 5.74) is 1.04. The van der Waals surface area contributed by atoms with Crippen molar-refractivity contribution in [2.45, 2.75) is 74.7 Å². The molecule has 0 amide bonds. The molecule has 2 bridgehead atoms. The van der Waals surface area contributed by atoms with Crippen LogP contribution >= 0.6 is 0 Å². The molecule has 1 unspecified atom stereocenters. The van der Waals surface area contributed by atoms with E-state index < -0.39 is 0 Å². The maximum Gasteiger partial charge on any atom is 0.331 e. The van der Waals surface area contributed by atoms with Crippen molar-refractivity contribution in [3.05, 3.63) is 11.6 Å². The molecular weight excluding hydrogens is 252 g/mol. The van der Waals surface area contributed by atoms with E-state index in [1.165, 1.54) is 44.2 Å². The Morgan fingerprint density at radius 2 is 2.20 bits per heavy atom. The normalized spacial score (nSPS) is 46.7. The Morgan fingerprint density at radius 3 is 3.05 bits per heavy atom. The lowest BCUT2D eigenvalue weighted by Crippen LogP contribution is -2.50. The quantitative estimate of drug-likeness (QED) is 0.772. The fraction of sp³-hybridized carbons (Fsp3) is 0.812. The molecule has 5 rings (SSSR count). The molecule has 20 heavy (non-hydrogen) atoms. The van der Waals surface area contributed by atoms with Crippen LogP contribution in [0.15, 0.2) is 11.6 Å². The average molecular weight is 274 g/mol. The van der Waals surface area contributed by atoms with Gasteiger partial charge in [-0.3, -0.25) is 4.90 Å². The van der Waals surface area contributed by atoms with Crippen molar-refractivity contribution in [1.29, 1.82) is 0 Å². The maximum absolute atomic E-state index is 11.9. The van der Waals surface area contributed by atoms with E-state index in [-0.39, 0.29) is 11.6 Å². The lowest BCUT2D eigenvalue weighted by molar-refractivity contribution is -0.148. The number of ether oxygens (including phenoxy) is 1. The SMILES string of the molecule is O=C1C=C2CC(NC3CC3)[C@@H]3C[C@@]2(O1)[C@H]1CCCCN31. The van der Waals surface area contributed by atoms with Crippen molar-refractivity contribution in [1.82, 2.24) is 10.2 Å². The van der Waals surface area contributed by atoms with E-state index in [2.05, 4.69) is 10.2 Å². The van der Waals surface area contributed by atoms with Gasteiger partial charge in [0.15, 0.2) is 5.60 Å². The Hall–Kier alpha value is -0.870. The third kappa shape index (κ3) is 1.47. The minimum absolute atomic E-state index is 0.0988. The third-order valence-electron chi connectivity index (χ3n) is 6.07. The molecule has 4 atom stereocenters. The van der Waals surface area contributed by atoms with Crippen molar-refractivity contribution in [2.75, 3.05) is 6.54 Å². The van der Waals surface area contributed by atoms with E-state index in [1.807, 2.05) is 0 Å². The molecule has 2 saturated carbocycles. The highest BCUT2D eigenvalue weighted by molar-refractivity contribution is 5.87. The number of rotatable bonds is 2. The van der Waals surface area contributed by atoms with E-state index >= 15 is 0 Å². The van der Waals surface area contributed by atoms with Crippen LogP contribution in [-0.2, 0) is 9.53 Å². The summed E-state index contributed by atoms with van der Waals surface area (Å²) in [6.07, 6.45) is 10.3. The van der Waals surface area contributed by atoms with Gasteiger partial charge in [0.1, 0.15) is 0 Å². The summed E-state index contributed by atoms with van der Waals surface area (Å²) in [5.74, 6) is -0.0988. The predicted octanol–water partition coefficient (Wildman–Crippen LogP) is 1.36. The summed E-state index contributed by atoms with van der Waals surface area (Å²) in [4.78, 5) is 14.5. The van der Waals surface area contributed by atoms with Crippen LogP contribution in [0.5, 0.6) is 0 Å². The molecule has 0 aromatic carbocycles. The standard InChI is InChI=1S/C16H22N2O2/c19-15-8-10-7-12(17-11-4-5-11)13-9-16(10,20-15)14-3-1-2-6-18(13)14/h8,11-14,17H,1-7,9H2/t12?,13-,14+,16-/m0/s1. The summed E-state index contributed by atoms with van der Waals surface area (Å²) >= 11 is 0. The van der Waals surface area contributed by atoms with Crippen molar-refractivity contribution < 1.29 is 9.53 Å². The second-order valence-corrected chi connectivity index (χ2v) is 7.25. The molecule has 0 aromatic heterocycles. The molecule has 2 aliphatic carbocycles. The number of nitrogens with one attached hydrogen (secondary N) is 1. The summed E-state index contributed by atoms with van der Waals surface area (Å²) < 4.78 is 5.88. The molecule has 3 heterocycles. The van der Waals surface area contributed by atoms with Gasteiger partial charge in [-0.05, 0) is 44.2 Å². The second-order valence-electron chi connectivity index (χ2n) is 7.25. The lowest BCUT2D eigenvalue weighted by Gasteiger charge is -2.38. The zero-order chi connectivity index (χ0) is 13.3. The van der Waals surface area contributed by atoms with Gasteiger partial charge < -0.3 is 10.1 Å². The Balaban J connectivity index is 1.54. The van der Waals surface area contributed by atoms with Crippen molar-refractivity contribution >= 4 is 5.97 Å². The van der Waals surface area contributed by atoms with Gasteiger partial charge in [-0.15, -0.1) is 0 Å². The number of nitrogens with zero attached hydrogens (tertiary/aromatic N) is 1. The zero-order valence-electron chi connectivity index (χ0n) is 11.8. The average Bonchev–Trinajstić information content (AvgIpc) is 3.13. The summed E-state index contributed by atoms with van der Waals surface area (Å²) in [6.45, 7) is 1.19. The number of fused-ring (bicyclic) bond motifs is 3. The fourth-order valence-electron chi connectivity index (χ4n) is 5.11. The van der Waals surface area contributed by atoms with Crippen LogP contribution < -0.4 is 5.32 Å². The zero-order valence-corrected chi connectivity index (χ0v) is 11.8. The van der Waals surface area contributed by atoms with Crippen LogP contribution in [0.4, 0.5) is 0 Å². The number of esters is 1. The number of piperidine rings is 1. The summed E-state index contributed by atoms with van der Waals surface area (Å²) in [5, 5.41) is 3.83. The second kappa shape index (κ2) is 3.86. The molecule has 0 aromatic rings. The molecule has 3 aliphatic heterocycles. The van der Waals surface area contributed by atoms with Gasteiger partial charge in [-0.2, -0.15) is 0 Å². The van der Waals surface area contributed by atoms with Gasteiger partial charge in [0.05, 0.1) is 6.04 Å². The molecule has 2 saturated heterocycles. The van der Waals surface area contributed by atoms with Crippen LogP contribution in [0.1, 0.15) is 44.9 Å². The molecule has 5 aliphatic rings. The number of hydrogen-bond donors (Lipinski definition) is 1. The van der Waals surface area contributed by atoms with E-state index in [1.54, 1.807) is 6.08 Å². The number of carbonyl (C=O) groups excluding carboxylic acids is 1. The van der Waals surface area contributed by atoms with E-state index in [0.717, 1.165) is 18.9 Å². The van der Waals surface area contributed by atoms with Gasteiger partial charge >= 0.3 is 5.97 Å². The van der Waals surface area contributed by atoms with Gasteiger partial charge in [0.25, 0.3) is 0 Å². The van der Waals surface area contributed by atoms with Gasteiger partial charge in [0.2, 0.25) is 0 Å². The van der Waals surface area contributed by atoms with Crippen LogP contribution in [0.25, 0.3) is 0 Å². The first kappa shape index (κ1) is 11.8. The van der Waals surface area contributed by atoms with E-state index in [0.29, 0.717) is 18.1 Å². The van der Waals surface area contributed by atoms with Crippen molar-refractivity contribution in [3.8, 4) is 0 Å². The lowest BCUT2D eigenvalue weighted by atomic mass is 9.75. The fourth-order valence-corrected chi connectivity index (χ4v) is 5.11. The molecule has 1 spiro atoms. The van der Waals surface area contributed by atoms with Crippen LogP contribution in [0, 0.1) is 0 Å². The Bertz CT molecular complexity index is 499. The van der Waals surface area contributed by atoms with E-state index in [4.69, 9.17) is 4.74 Å². The monoisotopic (exact) mass is 274 g/mol. The summed E-state index contributed by atoms with van der Waals surface area (Å²) in [7, 11) is 0. The minimum atomic E-state index is -0.246. The molecule has 1 N–H and O–H groups in total. The minimum Gasteiger partial charge on any atom is -0.450 e. The van der Waals surface area contributed by atoms with Crippen molar-refractivity contribution in [3.63, 3.8) is 0 Å². The van der Waals surface area contributed by atoms with Crippen LogP contribution in [0.3, 0.4) is 0 Å². The largest absolute Gasteiger partial charge is 0.450 e. The van der Waals surface area contributed by atoms with E-state index in [9.17, 15) is 4.79 Å². The predicted molar refractivity (Wildman–Crippen MR) is 74.2 cm³/mol. The van der Waals surface area contributed by atoms with Gasteiger partial charge in [-0.1, -0.05) is 6.42 Å². The Morgan fingerprint density at radius 1 is 1.30 bits per heavy atom. The highest BCUT2D eigenvalue weighted by Crippen LogP contribution is 2.54. The highest BCUT2D eigenvalue weighted by atomic mass is 16.6. The molecule has 4 heteroatoms. The maximum atomic E-state index is 11.9. The number of carbonyl (C=O) groups is 1. The first-order chi connectivity index (χ1) is 9.76. The number of hydrogen-bond acceptors (Lipinski definition) is 4. The molecule has 4 fully saturated rings. The molecule has 108 valence electrons. The Labute approximate surface area is 119 Å². The van der Waals surface area contributed by atoms with Crippen molar-refractivity contribution in [2.24, 2.45) is 0 Å². The highest BCUT2D eigenvalue weighted by Gasteiger charge is 2.63. The molecular formula is C16H22N2O2. The Kier molecular flexibility index (Phi) is 2.27. The van der Waals surface area contributed by atoms with Crippen LogP contribution in [-0.4, -0.2) is 47.2 Å². The first-order valence-electron chi connectivity index (χ1n) is 8.22. The molecule has 0 radical (unpaired) electrons. The smallest absolute Gasteiger partial charge is 0.331 e.